The Bertz CT molecular complexity index is 299. The van der Waals surface area contributed by atoms with Gasteiger partial charge in [0.05, 0.1) is 0 Å². The van der Waals surface area contributed by atoms with E-state index in [0.717, 1.165) is 11.9 Å². The minimum Gasteiger partial charge on any atom is -0.372 e. The number of anilines is 1. The first kappa shape index (κ1) is 13.6. The van der Waals surface area contributed by atoms with Gasteiger partial charge < -0.3 is 4.90 Å². The summed E-state index contributed by atoms with van der Waals surface area (Å²) in [6, 6.07) is 8.65. The van der Waals surface area contributed by atoms with Gasteiger partial charge in [0.25, 0.3) is 0 Å². The number of hydrogen-bond acceptors (Lipinski definition) is 1. The van der Waals surface area contributed by atoms with Crippen molar-refractivity contribution in [2.45, 2.75) is 33.1 Å². The van der Waals surface area contributed by atoms with Gasteiger partial charge in [-0.15, -0.1) is 0 Å². The number of aryl methyl sites for hydroxylation is 1. The van der Waals surface area contributed by atoms with Gasteiger partial charge in [0.1, 0.15) is 0 Å². The third-order valence-electron chi connectivity index (χ3n) is 2.90. The monoisotopic (exact) mass is 283 g/mol. The van der Waals surface area contributed by atoms with Crippen molar-refractivity contribution in [1.82, 2.24) is 0 Å². The van der Waals surface area contributed by atoms with Crippen molar-refractivity contribution >= 4 is 21.6 Å². The highest BCUT2D eigenvalue weighted by Crippen LogP contribution is 2.19. The Morgan fingerprint density at radius 3 is 2.50 bits per heavy atom. The summed E-state index contributed by atoms with van der Waals surface area (Å²) in [5, 5.41) is 1.13. The Morgan fingerprint density at radius 1 is 1.12 bits per heavy atom. The van der Waals surface area contributed by atoms with Gasteiger partial charge in [0.15, 0.2) is 0 Å². The van der Waals surface area contributed by atoms with E-state index in [1.54, 1.807) is 0 Å². The van der Waals surface area contributed by atoms with E-state index in [4.69, 9.17) is 0 Å². The molecule has 0 amide bonds. The third kappa shape index (κ3) is 4.17. The van der Waals surface area contributed by atoms with Crippen LogP contribution in [0, 0.1) is 6.92 Å². The van der Waals surface area contributed by atoms with Gasteiger partial charge in [-0.1, -0.05) is 40.5 Å². The van der Waals surface area contributed by atoms with Crippen molar-refractivity contribution in [3.8, 4) is 0 Å². The van der Waals surface area contributed by atoms with Gasteiger partial charge in [0, 0.05) is 24.1 Å². The number of nitrogens with zero attached hydrogens (tertiary/aromatic N) is 1. The zero-order valence-electron chi connectivity index (χ0n) is 10.4. The molecule has 0 spiro atoms. The maximum atomic E-state index is 3.48. The van der Waals surface area contributed by atoms with E-state index < -0.39 is 0 Å². The predicted molar refractivity (Wildman–Crippen MR) is 76.7 cm³/mol. The number of halogens is 1. The average molecular weight is 284 g/mol. The lowest BCUT2D eigenvalue weighted by Crippen LogP contribution is -2.24. The molecule has 0 aliphatic carbocycles. The number of rotatable bonds is 7. The summed E-state index contributed by atoms with van der Waals surface area (Å²) in [6.45, 7) is 6.70. The van der Waals surface area contributed by atoms with E-state index in [1.165, 1.54) is 37.1 Å². The fourth-order valence-electron chi connectivity index (χ4n) is 1.94. The summed E-state index contributed by atoms with van der Waals surface area (Å²) in [4.78, 5) is 2.48. The van der Waals surface area contributed by atoms with Crippen LogP contribution in [-0.2, 0) is 0 Å². The first-order chi connectivity index (χ1) is 7.79. The van der Waals surface area contributed by atoms with Crippen molar-refractivity contribution in [2.24, 2.45) is 0 Å². The summed E-state index contributed by atoms with van der Waals surface area (Å²) < 4.78 is 0. The van der Waals surface area contributed by atoms with Crippen molar-refractivity contribution < 1.29 is 0 Å². The summed E-state index contributed by atoms with van der Waals surface area (Å²) in [7, 11) is 0. The number of para-hydroxylation sites is 1. The predicted octanol–water partition coefficient (Wildman–Crippen LogP) is 4.39. The lowest BCUT2D eigenvalue weighted by Gasteiger charge is -2.24. The molecule has 0 heterocycles. The van der Waals surface area contributed by atoms with Crippen LogP contribution in [0.2, 0.25) is 0 Å². The standard InChI is InChI=1S/C14H22BrN/c1-3-16(12-8-4-7-11-15)14-10-6-5-9-13(14)2/h5-6,9-10H,3-4,7-8,11-12H2,1-2H3. The molecule has 0 radical (unpaired) electrons. The SMILES string of the molecule is CCN(CCCCCBr)c1ccccc1C. The Morgan fingerprint density at radius 2 is 1.88 bits per heavy atom. The zero-order chi connectivity index (χ0) is 11.8. The van der Waals surface area contributed by atoms with Crippen LogP contribution in [0.4, 0.5) is 5.69 Å². The highest BCUT2D eigenvalue weighted by atomic mass is 79.9. The molecule has 0 unspecified atom stereocenters. The van der Waals surface area contributed by atoms with Crippen LogP contribution in [-0.4, -0.2) is 18.4 Å². The Kier molecular flexibility index (Phi) is 6.55. The van der Waals surface area contributed by atoms with E-state index in [2.05, 4.69) is 58.9 Å². The Balaban J connectivity index is 2.51. The topological polar surface area (TPSA) is 3.24 Å². The smallest absolute Gasteiger partial charge is 0.0395 e. The molecular weight excluding hydrogens is 262 g/mol. The fraction of sp³-hybridized carbons (Fsp3) is 0.571. The van der Waals surface area contributed by atoms with Crippen LogP contribution >= 0.6 is 15.9 Å². The van der Waals surface area contributed by atoms with Crippen molar-refractivity contribution in [1.29, 1.82) is 0 Å². The maximum Gasteiger partial charge on any atom is 0.0395 e. The molecule has 16 heavy (non-hydrogen) atoms. The molecule has 1 nitrogen and oxygen atoms in total. The van der Waals surface area contributed by atoms with E-state index in [1.807, 2.05) is 0 Å². The molecule has 1 aromatic rings. The van der Waals surface area contributed by atoms with E-state index >= 15 is 0 Å². The summed E-state index contributed by atoms with van der Waals surface area (Å²) in [5.41, 5.74) is 2.77. The van der Waals surface area contributed by atoms with Crippen LogP contribution < -0.4 is 4.90 Å². The van der Waals surface area contributed by atoms with E-state index in [-0.39, 0.29) is 0 Å². The molecule has 1 aromatic carbocycles. The first-order valence-electron chi connectivity index (χ1n) is 6.16. The fourth-order valence-corrected chi connectivity index (χ4v) is 2.34. The Labute approximate surface area is 108 Å². The molecule has 2 heteroatoms. The van der Waals surface area contributed by atoms with Crippen LogP contribution in [0.25, 0.3) is 0 Å². The summed E-state index contributed by atoms with van der Waals surface area (Å²) in [5.74, 6) is 0. The molecule has 0 aliphatic rings. The Hall–Kier alpha value is -0.500. The van der Waals surface area contributed by atoms with E-state index in [0.29, 0.717) is 0 Å². The molecule has 0 aliphatic heterocycles. The van der Waals surface area contributed by atoms with Gasteiger partial charge in [-0.3, -0.25) is 0 Å². The van der Waals surface area contributed by atoms with E-state index in [9.17, 15) is 0 Å². The molecule has 0 saturated heterocycles. The second-order valence-corrected chi connectivity index (χ2v) is 4.91. The molecule has 0 fully saturated rings. The molecular formula is C14H22BrN. The second-order valence-electron chi connectivity index (χ2n) is 4.12. The quantitative estimate of drug-likeness (QED) is 0.530. The molecule has 0 saturated carbocycles. The van der Waals surface area contributed by atoms with Gasteiger partial charge >= 0.3 is 0 Å². The largest absolute Gasteiger partial charge is 0.372 e. The van der Waals surface area contributed by atoms with Gasteiger partial charge in [0.2, 0.25) is 0 Å². The molecule has 0 aromatic heterocycles. The van der Waals surface area contributed by atoms with Crippen molar-refractivity contribution in [2.75, 3.05) is 23.3 Å². The minimum absolute atomic E-state index is 1.10. The maximum absolute atomic E-state index is 3.48. The number of benzene rings is 1. The normalized spacial score (nSPS) is 10.4. The molecule has 0 atom stereocenters. The van der Waals surface area contributed by atoms with Gasteiger partial charge in [-0.05, 0) is 38.3 Å². The lowest BCUT2D eigenvalue weighted by molar-refractivity contribution is 0.689. The van der Waals surface area contributed by atoms with Crippen LogP contribution in [0.1, 0.15) is 31.7 Å². The van der Waals surface area contributed by atoms with Crippen LogP contribution in [0.3, 0.4) is 0 Å². The molecule has 0 N–H and O–H groups in total. The average Bonchev–Trinajstić information content (AvgIpc) is 2.31. The summed E-state index contributed by atoms with van der Waals surface area (Å²) >= 11 is 3.48. The van der Waals surface area contributed by atoms with Crippen LogP contribution in [0.5, 0.6) is 0 Å². The summed E-state index contributed by atoms with van der Waals surface area (Å²) in [6.07, 6.45) is 3.88. The highest BCUT2D eigenvalue weighted by molar-refractivity contribution is 9.09. The minimum atomic E-state index is 1.10. The molecule has 1 rings (SSSR count). The molecule has 90 valence electrons. The zero-order valence-corrected chi connectivity index (χ0v) is 12.0. The number of unbranched alkanes of at least 4 members (excludes halogenated alkanes) is 2. The highest BCUT2D eigenvalue weighted by Gasteiger charge is 2.05. The van der Waals surface area contributed by atoms with Gasteiger partial charge in [-0.25, -0.2) is 0 Å². The van der Waals surface area contributed by atoms with Crippen LogP contribution in [0.15, 0.2) is 24.3 Å². The lowest BCUT2D eigenvalue weighted by atomic mass is 10.1. The van der Waals surface area contributed by atoms with Crippen molar-refractivity contribution in [3.63, 3.8) is 0 Å². The number of hydrogen-bond donors (Lipinski definition) is 0. The molecule has 0 bridgehead atoms. The third-order valence-corrected chi connectivity index (χ3v) is 3.46. The van der Waals surface area contributed by atoms with Gasteiger partial charge in [-0.2, -0.15) is 0 Å². The first-order valence-corrected chi connectivity index (χ1v) is 7.28. The second kappa shape index (κ2) is 7.72. The van der Waals surface area contributed by atoms with Crippen molar-refractivity contribution in [3.05, 3.63) is 29.8 Å². The number of alkyl halides is 1.